The average Bonchev–Trinajstić information content (AvgIpc) is 3.05. The van der Waals surface area contributed by atoms with Gasteiger partial charge in [-0.15, -0.1) is 0 Å². The molecule has 6 nitrogen and oxygen atoms in total. The molecular formula is C17H22N4O2. The van der Waals surface area contributed by atoms with Crippen LogP contribution in [-0.2, 0) is 6.54 Å². The molecule has 3 atom stereocenters. The fraction of sp³-hybridized carbons (Fsp3) is 0.529. The first-order valence-corrected chi connectivity index (χ1v) is 8.27. The maximum Gasteiger partial charge on any atom is 0.261 e. The van der Waals surface area contributed by atoms with Crippen LogP contribution in [0.15, 0.2) is 29.3 Å². The lowest BCUT2D eigenvalue weighted by Gasteiger charge is -2.37. The van der Waals surface area contributed by atoms with Crippen LogP contribution in [0.4, 0.5) is 0 Å². The summed E-state index contributed by atoms with van der Waals surface area (Å²) in [5.74, 6) is 1.60. The zero-order valence-electron chi connectivity index (χ0n) is 13.3. The number of nitrogens with zero attached hydrogens (tertiary/aromatic N) is 3. The van der Waals surface area contributed by atoms with Crippen molar-refractivity contribution in [3.05, 3.63) is 40.6 Å². The largest absolute Gasteiger partial charge is 0.394 e. The molecular weight excluding hydrogens is 292 g/mol. The minimum absolute atomic E-state index is 0.0193. The van der Waals surface area contributed by atoms with Gasteiger partial charge in [0.15, 0.2) is 0 Å². The highest BCUT2D eigenvalue weighted by molar-refractivity contribution is 5.55. The lowest BCUT2D eigenvalue weighted by molar-refractivity contribution is 0.239. The SMILES string of the molecule is C[C@H](CO)n1ccnc1-c1ccc2n(c1=O)C[C@@H]1CNC[C@H]2C1. The molecule has 0 saturated carbocycles. The quantitative estimate of drug-likeness (QED) is 0.885. The van der Waals surface area contributed by atoms with E-state index in [0.717, 1.165) is 25.3 Å². The normalized spacial score (nSPS) is 24.3. The zero-order chi connectivity index (χ0) is 16.0. The van der Waals surface area contributed by atoms with Crippen molar-refractivity contribution >= 4 is 0 Å². The number of hydrogen-bond acceptors (Lipinski definition) is 4. The minimum Gasteiger partial charge on any atom is -0.394 e. The summed E-state index contributed by atoms with van der Waals surface area (Å²) < 4.78 is 3.81. The minimum atomic E-state index is -0.100. The standard InChI is InChI=1S/C17H22N4O2/c1-11(10-22)20-5-4-19-16(20)14-2-3-15-13-6-12(7-18-8-13)9-21(15)17(14)23/h2-5,11-13,18,22H,6-10H2,1H3/t11-,12+,13-/m1/s1. The van der Waals surface area contributed by atoms with Crippen LogP contribution in [0.1, 0.15) is 31.0 Å². The molecule has 1 fully saturated rings. The van der Waals surface area contributed by atoms with E-state index in [1.54, 1.807) is 6.20 Å². The molecule has 2 aromatic heterocycles. The van der Waals surface area contributed by atoms with Gasteiger partial charge in [-0.05, 0) is 37.9 Å². The molecule has 122 valence electrons. The lowest BCUT2D eigenvalue weighted by Crippen LogP contribution is -2.45. The van der Waals surface area contributed by atoms with Crippen molar-refractivity contribution in [2.75, 3.05) is 19.7 Å². The number of hydrogen-bond donors (Lipinski definition) is 2. The van der Waals surface area contributed by atoms with Gasteiger partial charge in [0.1, 0.15) is 5.82 Å². The van der Waals surface area contributed by atoms with Crippen molar-refractivity contribution in [3.8, 4) is 11.4 Å². The Morgan fingerprint density at radius 2 is 2.30 bits per heavy atom. The highest BCUT2D eigenvalue weighted by Gasteiger charge is 2.31. The Labute approximate surface area is 134 Å². The van der Waals surface area contributed by atoms with Crippen LogP contribution in [0, 0.1) is 5.92 Å². The van der Waals surface area contributed by atoms with Gasteiger partial charge in [-0.2, -0.15) is 0 Å². The van der Waals surface area contributed by atoms with Crippen LogP contribution in [0.2, 0.25) is 0 Å². The van der Waals surface area contributed by atoms with E-state index in [1.807, 2.05) is 28.3 Å². The van der Waals surface area contributed by atoms with Gasteiger partial charge >= 0.3 is 0 Å². The predicted molar refractivity (Wildman–Crippen MR) is 87.4 cm³/mol. The smallest absolute Gasteiger partial charge is 0.261 e. The summed E-state index contributed by atoms with van der Waals surface area (Å²) in [7, 11) is 0. The fourth-order valence-corrected chi connectivity index (χ4v) is 3.93. The van der Waals surface area contributed by atoms with Crippen molar-refractivity contribution < 1.29 is 5.11 Å². The maximum absolute atomic E-state index is 13.0. The van der Waals surface area contributed by atoms with Gasteiger partial charge in [0.2, 0.25) is 0 Å². The molecule has 4 rings (SSSR count). The first-order valence-electron chi connectivity index (χ1n) is 8.27. The number of rotatable bonds is 3. The number of aliphatic hydroxyl groups is 1. The number of piperidine rings is 1. The van der Waals surface area contributed by atoms with Gasteiger partial charge in [0.25, 0.3) is 5.56 Å². The molecule has 2 aromatic rings. The highest BCUT2D eigenvalue weighted by Crippen LogP contribution is 2.32. The van der Waals surface area contributed by atoms with Crippen LogP contribution in [0.25, 0.3) is 11.4 Å². The van der Waals surface area contributed by atoms with Crippen LogP contribution >= 0.6 is 0 Å². The average molecular weight is 314 g/mol. The van der Waals surface area contributed by atoms with Crippen LogP contribution in [0.5, 0.6) is 0 Å². The Balaban J connectivity index is 1.82. The van der Waals surface area contributed by atoms with E-state index >= 15 is 0 Å². The molecule has 23 heavy (non-hydrogen) atoms. The number of fused-ring (bicyclic) bond motifs is 4. The van der Waals surface area contributed by atoms with E-state index in [1.165, 1.54) is 6.42 Å². The first-order chi connectivity index (χ1) is 11.2. The molecule has 0 aliphatic carbocycles. The second kappa shape index (κ2) is 5.62. The molecule has 2 aliphatic heterocycles. The summed E-state index contributed by atoms with van der Waals surface area (Å²) in [6.07, 6.45) is 4.67. The summed E-state index contributed by atoms with van der Waals surface area (Å²) in [6, 6.07) is 3.87. The van der Waals surface area contributed by atoms with E-state index in [-0.39, 0.29) is 18.2 Å². The summed E-state index contributed by atoms with van der Waals surface area (Å²) in [5, 5.41) is 12.9. The monoisotopic (exact) mass is 314 g/mol. The second-order valence-electron chi connectivity index (χ2n) is 6.73. The molecule has 2 aliphatic rings. The molecule has 0 radical (unpaired) electrons. The van der Waals surface area contributed by atoms with Crippen molar-refractivity contribution in [2.24, 2.45) is 5.92 Å². The van der Waals surface area contributed by atoms with Gasteiger partial charge in [-0.25, -0.2) is 4.98 Å². The Kier molecular flexibility index (Phi) is 3.58. The fourth-order valence-electron chi connectivity index (χ4n) is 3.93. The Morgan fingerprint density at radius 1 is 1.43 bits per heavy atom. The molecule has 6 heteroatoms. The highest BCUT2D eigenvalue weighted by atomic mass is 16.3. The second-order valence-corrected chi connectivity index (χ2v) is 6.73. The maximum atomic E-state index is 13.0. The number of nitrogens with one attached hydrogen (secondary N) is 1. The number of aromatic nitrogens is 3. The van der Waals surface area contributed by atoms with Crippen molar-refractivity contribution in [2.45, 2.75) is 31.8 Å². The third kappa shape index (κ3) is 2.33. The van der Waals surface area contributed by atoms with Gasteiger partial charge in [0, 0.05) is 37.1 Å². The third-order valence-corrected chi connectivity index (χ3v) is 5.16. The van der Waals surface area contributed by atoms with E-state index in [9.17, 15) is 9.90 Å². The Bertz CT molecular complexity index is 779. The van der Waals surface area contributed by atoms with Gasteiger partial charge in [-0.1, -0.05) is 0 Å². The number of pyridine rings is 1. The van der Waals surface area contributed by atoms with Gasteiger partial charge in [-0.3, -0.25) is 4.79 Å². The molecule has 2 bridgehead atoms. The molecule has 4 heterocycles. The van der Waals surface area contributed by atoms with Crippen molar-refractivity contribution in [1.29, 1.82) is 0 Å². The van der Waals surface area contributed by atoms with Crippen LogP contribution in [0.3, 0.4) is 0 Å². The zero-order valence-corrected chi connectivity index (χ0v) is 13.3. The predicted octanol–water partition coefficient (Wildman–Crippen LogP) is 0.972. The topological polar surface area (TPSA) is 72.1 Å². The molecule has 0 unspecified atom stereocenters. The van der Waals surface area contributed by atoms with E-state index in [2.05, 4.69) is 16.4 Å². The molecule has 0 spiro atoms. The number of aliphatic hydroxyl groups excluding tert-OH is 1. The summed E-state index contributed by atoms with van der Waals surface area (Å²) in [6.45, 7) is 4.65. The van der Waals surface area contributed by atoms with Crippen molar-refractivity contribution in [1.82, 2.24) is 19.4 Å². The van der Waals surface area contributed by atoms with Gasteiger partial charge in [0.05, 0.1) is 18.2 Å². The van der Waals surface area contributed by atoms with E-state index < -0.39 is 0 Å². The molecule has 2 N–H and O–H groups in total. The lowest BCUT2D eigenvalue weighted by atomic mass is 9.84. The molecule has 0 aromatic carbocycles. The Morgan fingerprint density at radius 3 is 3.13 bits per heavy atom. The molecule has 1 saturated heterocycles. The molecule has 0 amide bonds. The van der Waals surface area contributed by atoms with Crippen LogP contribution < -0.4 is 10.9 Å². The van der Waals surface area contributed by atoms with Crippen molar-refractivity contribution in [3.63, 3.8) is 0 Å². The summed E-state index contributed by atoms with van der Waals surface area (Å²) >= 11 is 0. The summed E-state index contributed by atoms with van der Waals surface area (Å²) in [4.78, 5) is 17.4. The Hall–Kier alpha value is -1.92. The van der Waals surface area contributed by atoms with Crippen LogP contribution in [-0.4, -0.2) is 38.9 Å². The van der Waals surface area contributed by atoms with E-state index in [4.69, 9.17) is 0 Å². The number of imidazole rings is 1. The first kappa shape index (κ1) is 14.7. The third-order valence-electron chi connectivity index (χ3n) is 5.16. The van der Waals surface area contributed by atoms with E-state index in [0.29, 0.717) is 23.2 Å². The summed E-state index contributed by atoms with van der Waals surface area (Å²) in [5.41, 5.74) is 1.79. The van der Waals surface area contributed by atoms with Gasteiger partial charge < -0.3 is 19.6 Å².